The summed E-state index contributed by atoms with van der Waals surface area (Å²) >= 11 is 0. The van der Waals surface area contributed by atoms with Crippen LogP contribution in [-0.4, -0.2) is 0 Å². The highest BCUT2D eigenvalue weighted by atomic mass is 16.3. The topological polar surface area (TPSA) is 26.3 Å². The van der Waals surface area contributed by atoms with E-state index in [0.717, 1.165) is 55.4 Å². The van der Waals surface area contributed by atoms with Crippen molar-refractivity contribution in [1.82, 2.24) is 0 Å². The highest BCUT2D eigenvalue weighted by molar-refractivity contribution is 6.24. The quantitative estimate of drug-likeness (QED) is 0.132. The molecule has 0 N–H and O–H groups in total. The normalized spacial score (nSPS) is 12.1. The molecule has 0 spiro atoms. The molecule has 11 aromatic rings. The monoisotopic (exact) mass is 702 g/mol. The predicted octanol–water partition coefficient (Wildman–Crippen LogP) is 15.5. The standard InChI is InChI=1S/C53H34O2/c1-3-4-20-47-32(2)44-31-46-40-17-11-12-21-48(40)55-53(46)51(52(44)54-47)39-26-27-43-45(30-39)50(38-25-23-34-14-6-8-16-36(34)29-38)42-19-10-9-18-41(42)49(43)37-24-22-33-13-5-7-15-35(33)28-37/h3-31H,1H2,2H3/b20-4-. The van der Waals surface area contributed by atoms with Crippen LogP contribution < -0.4 is 0 Å². The van der Waals surface area contributed by atoms with Crippen molar-refractivity contribution in [3.63, 3.8) is 0 Å². The molecule has 2 aromatic heterocycles. The van der Waals surface area contributed by atoms with Gasteiger partial charge < -0.3 is 8.83 Å². The largest absolute Gasteiger partial charge is 0.456 e. The Bertz CT molecular complexity index is 3410. The summed E-state index contributed by atoms with van der Waals surface area (Å²) in [7, 11) is 0. The molecule has 11 rings (SSSR count). The molecule has 0 aliphatic carbocycles. The van der Waals surface area contributed by atoms with Gasteiger partial charge in [0.15, 0.2) is 0 Å². The lowest BCUT2D eigenvalue weighted by molar-refractivity contribution is 0.601. The number of hydrogen-bond acceptors (Lipinski definition) is 2. The lowest BCUT2D eigenvalue weighted by Gasteiger charge is -2.19. The van der Waals surface area contributed by atoms with Crippen molar-refractivity contribution in [3.8, 4) is 33.4 Å². The van der Waals surface area contributed by atoms with Gasteiger partial charge in [-0.15, -0.1) is 0 Å². The molecule has 0 unspecified atom stereocenters. The van der Waals surface area contributed by atoms with E-state index < -0.39 is 0 Å². The van der Waals surface area contributed by atoms with Crippen LogP contribution in [0.4, 0.5) is 0 Å². The zero-order chi connectivity index (χ0) is 36.6. The Kier molecular flexibility index (Phi) is 6.96. The van der Waals surface area contributed by atoms with Gasteiger partial charge in [-0.3, -0.25) is 0 Å². The predicted molar refractivity (Wildman–Crippen MR) is 234 cm³/mol. The fraction of sp³-hybridized carbons (Fsp3) is 0.0189. The molecule has 55 heavy (non-hydrogen) atoms. The number of hydrogen-bond donors (Lipinski definition) is 0. The van der Waals surface area contributed by atoms with Crippen LogP contribution >= 0.6 is 0 Å². The van der Waals surface area contributed by atoms with E-state index in [9.17, 15) is 0 Å². The summed E-state index contributed by atoms with van der Waals surface area (Å²) in [5.74, 6) is 0.815. The third kappa shape index (κ3) is 4.82. The van der Waals surface area contributed by atoms with Crippen LogP contribution in [0.5, 0.6) is 0 Å². The first kappa shape index (κ1) is 31.4. The van der Waals surface area contributed by atoms with Gasteiger partial charge in [0.2, 0.25) is 0 Å². The minimum Gasteiger partial charge on any atom is -0.456 e. The van der Waals surface area contributed by atoms with E-state index in [2.05, 4.69) is 159 Å². The second-order valence-corrected chi connectivity index (χ2v) is 14.5. The first-order valence-corrected chi connectivity index (χ1v) is 18.8. The van der Waals surface area contributed by atoms with Crippen LogP contribution in [0.3, 0.4) is 0 Å². The molecule has 0 atom stereocenters. The third-order valence-electron chi connectivity index (χ3n) is 11.4. The molecule has 2 nitrogen and oxygen atoms in total. The average molecular weight is 703 g/mol. The Labute approximate surface area is 317 Å². The van der Waals surface area contributed by atoms with Gasteiger partial charge in [-0.2, -0.15) is 0 Å². The Balaban J connectivity index is 1.29. The molecule has 0 radical (unpaired) electrons. The summed E-state index contributed by atoms with van der Waals surface area (Å²) in [4.78, 5) is 0. The smallest absolute Gasteiger partial charge is 0.147 e. The Morgan fingerprint density at radius 1 is 0.418 bits per heavy atom. The molecule has 2 heterocycles. The maximum atomic E-state index is 6.78. The van der Waals surface area contributed by atoms with Gasteiger partial charge in [-0.25, -0.2) is 0 Å². The molecule has 0 saturated heterocycles. The van der Waals surface area contributed by atoms with E-state index in [4.69, 9.17) is 8.83 Å². The van der Waals surface area contributed by atoms with Crippen LogP contribution in [-0.2, 0) is 0 Å². The fourth-order valence-electron chi connectivity index (χ4n) is 8.77. The molecule has 0 aliphatic heterocycles. The van der Waals surface area contributed by atoms with Crippen LogP contribution in [0, 0.1) is 6.92 Å². The van der Waals surface area contributed by atoms with E-state index in [-0.39, 0.29) is 0 Å². The summed E-state index contributed by atoms with van der Waals surface area (Å²) in [5.41, 5.74) is 10.4. The maximum absolute atomic E-state index is 6.78. The molecule has 0 saturated carbocycles. The number of benzene rings is 9. The SMILES string of the molecule is C=C/C=C\c1oc2c(-c3ccc4c(-c5ccc6ccccc6c5)c5ccccc5c(-c5ccc6ccccc6c5)c4c3)c3oc4ccccc4c3cc2c1C. The Morgan fingerprint density at radius 3 is 1.62 bits per heavy atom. The van der Waals surface area contributed by atoms with Gasteiger partial charge in [0.1, 0.15) is 22.5 Å². The number of aryl methyl sites for hydroxylation is 1. The second kappa shape index (κ2) is 12.2. The maximum Gasteiger partial charge on any atom is 0.147 e. The van der Waals surface area contributed by atoms with Crippen molar-refractivity contribution in [2.24, 2.45) is 0 Å². The first-order chi connectivity index (χ1) is 27.1. The summed E-state index contributed by atoms with van der Waals surface area (Å²) in [6.45, 7) is 6.03. The number of rotatable bonds is 5. The number of furan rings is 2. The van der Waals surface area contributed by atoms with Crippen molar-refractivity contribution < 1.29 is 8.83 Å². The minimum absolute atomic E-state index is 0.815. The van der Waals surface area contributed by atoms with E-state index in [1.807, 2.05) is 24.3 Å². The van der Waals surface area contributed by atoms with Crippen LogP contribution in [0.15, 0.2) is 185 Å². The van der Waals surface area contributed by atoms with Crippen molar-refractivity contribution in [2.75, 3.05) is 0 Å². The molecular formula is C53H34O2. The van der Waals surface area contributed by atoms with Gasteiger partial charge in [0.25, 0.3) is 0 Å². The van der Waals surface area contributed by atoms with Crippen molar-refractivity contribution in [3.05, 3.63) is 188 Å². The average Bonchev–Trinajstić information content (AvgIpc) is 3.76. The van der Waals surface area contributed by atoms with E-state index in [1.54, 1.807) is 6.08 Å². The molecule has 2 heteroatoms. The van der Waals surface area contributed by atoms with Gasteiger partial charge in [-0.1, -0.05) is 146 Å². The number of para-hydroxylation sites is 1. The lowest BCUT2D eigenvalue weighted by atomic mass is 9.84. The minimum atomic E-state index is 0.815. The fourth-order valence-corrected chi connectivity index (χ4v) is 8.77. The Morgan fingerprint density at radius 2 is 0.945 bits per heavy atom. The summed E-state index contributed by atoms with van der Waals surface area (Å²) in [5, 5.41) is 12.9. The molecule has 9 aromatic carbocycles. The van der Waals surface area contributed by atoms with E-state index in [0.29, 0.717) is 0 Å². The first-order valence-electron chi connectivity index (χ1n) is 18.8. The third-order valence-corrected chi connectivity index (χ3v) is 11.4. The molecule has 0 amide bonds. The summed E-state index contributed by atoms with van der Waals surface area (Å²) in [6.07, 6.45) is 5.70. The van der Waals surface area contributed by atoms with Crippen molar-refractivity contribution >= 4 is 82.1 Å². The van der Waals surface area contributed by atoms with Crippen LogP contribution in [0.25, 0.3) is 115 Å². The van der Waals surface area contributed by atoms with E-state index in [1.165, 1.54) is 65.3 Å². The van der Waals surface area contributed by atoms with Crippen LogP contribution in [0.2, 0.25) is 0 Å². The van der Waals surface area contributed by atoms with Gasteiger partial charge in [0, 0.05) is 21.7 Å². The number of allylic oxidation sites excluding steroid dienone is 2. The molecule has 0 bridgehead atoms. The van der Waals surface area contributed by atoms with Gasteiger partial charge in [0.05, 0.1) is 5.56 Å². The zero-order valence-electron chi connectivity index (χ0n) is 30.3. The van der Waals surface area contributed by atoms with Crippen molar-refractivity contribution in [2.45, 2.75) is 6.92 Å². The Hall–Kier alpha value is -7.16. The molecule has 0 fully saturated rings. The summed E-state index contributed by atoms with van der Waals surface area (Å²) in [6, 6.07) is 57.3. The lowest BCUT2D eigenvalue weighted by Crippen LogP contribution is -1.92. The highest BCUT2D eigenvalue weighted by Crippen LogP contribution is 2.48. The van der Waals surface area contributed by atoms with Crippen LogP contribution in [0.1, 0.15) is 11.3 Å². The van der Waals surface area contributed by atoms with Crippen molar-refractivity contribution in [1.29, 1.82) is 0 Å². The van der Waals surface area contributed by atoms with E-state index >= 15 is 0 Å². The number of fused-ring (bicyclic) bond motifs is 8. The molecule has 0 aliphatic rings. The van der Waals surface area contributed by atoms with Gasteiger partial charge >= 0.3 is 0 Å². The second-order valence-electron chi connectivity index (χ2n) is 14.5. The molecular weight excluding hydrogens is 669 g/mol. The summed E-state index contributed by atoms with van der Waals surface area (Å²) < 4.78 is 13.5. The van der Waals surface area contributed by atoms with Gasteiger partial charge in [-0.05, 0) is 114 Å². The molecule has 258 valence electrons. The zero-order valence-corrected chi connectivity index (χ0v) is 30.3. The highest BCUT2D eigenvalue weighted by Gasteiger charge is 2.24.